The Morgan fingerprint density at radius 3 is 2.77 bits per heavy atom. The minimum atomic E-state index is -0.0955. The summed E-state index contributed by atoms with van der Waals surface area (Å²) < 4.78 is 13.3. The highest BCUT2D eigenvalue weighted by Crippen LogP contribution is 2.32. The van der Waals surface area contributed by atoms with Gasteiger partial charge in [-0.25, -0.2) is 4.39 Å². The van der Waals surface area contributed by atoms with Gasteiger partial charge in [0.2, 0.25) is 0 Å². The van der Waals surface area contributed by atoms with Gasteiger partial charge in [-0.1, -0.05) is 0 Å². The van der Waals surface area contributed by atoms with Crippen LogP contribution in [0.2, 0.25) is 0 Å². The van der Waals surface area contributed by atoms with Crippen molar-refractivity contribution in [2.75, 3.05) is 0 Å². The Hall–Kier alpha value is -0.920. The molecule has 1 aliphatic rings. The smallest absolute Gasteiger partial charge is 0.129 e. The van der Waals surface area contributed by atoms with Gasteiger partial charge in [-0.15, -0.1) is 0 Å². The van der Waals surface area contributed by atoms with Crippen molar-refractivity contribution < 1.29 is 4.39 Å². The first-order chi connectivity index (χ1) is 6.38. The van der Waals surface area contributed by atoms with Gasteiger partial charge in [-0.05, 0) is 44.1 Å². The van der Waals surface area contributed by atoms with Crippen LogP contribution in [0.3, 0.4) is 0 Å². The summed E-state index contributed by atoms with van der Waals surface area (Å²) in [6, 6.07) is 1.45. The minimum Gasteiger partial charge on any atom is -0.264 e. The second-order valence-electron chi connectivity index (χ2n) is 3.54. The Kier molecular flexibility index (Phi) is 2.57. The number of nitrogens with zero attached hydrogens (tertiary/aromatic N) is 1. The van der Waals surface area contributed by atoms with Crippen LogP contribution >= 0.6 is 0 Å². The monoisotopic (exact) mass is 178 g/mol. The Morgan fingerprint density at radius 1 is 1.31 bits per heavy atom. The molecule has 0 N–H and O–H groups in total. The van der Waals surface area contributed by atoms with Crippen LogP contribution in [0.5, 0.6) is 0 Å². The summed E-state index contributed by atoms with van der Waals surface area (Å²) in [6.07, 6.45) is 9.83. The third-order valence-corrected chi connectivity index (χ3v) is 2.67. The molecule has 13 heavy (non-hydrogen) atoms. The van der Waals surface area contributed by atoms with Crippen molar-refractivity contribution in [3.05, 3.63) is 36.3 Å². The van der Waals surface area contributed by atoms with E-state index in [1.165, 1.54) is 12.3 Å². The van der Waals surface area contributed by atoms with E-state index in [1.807, 2.05) is 0 Å². The molecule has 0 saturated heterocycles. The highest BCUT2D eigenvalue weighted by atomic mass is 19.1. The molecule has 2 rings (SSSR count). The van der Waals surface area contributed by atoms with Crippen molar-refractivity contribution in [1.82, 2.24) is 4.98 Å². The van der Waals surface area contributed by atoms with Crippen LogP contribution in [0.1, 0.15) is 37.2 Å². The fourth-order valence-electron chi connectivity index (χ4n) is 1.93. The summed E-state index contributed by atoms with van der Waals surface area (Å²) in [6.45, 7) is 0. The van der Waals surface area contributed by atoms with Crippen molar-refractivity contribution in [3.8, 4) is 0 Å². The Bertz CT molecular complexity index is 279. The maximum atomic E-state index is 13.3. The van der Waals surface area contributed by atoms with E-state index in [4.69, 9.17) is 0 Å². The second-order valence-corrected chi connectivity index (χ2v) is 3.54. The van der Waals surface area contributed by atoms with Gasteiger partial charge >= 0.3 is 0 Å². The predicted molar refractivity (Wildman–Crippen MR) is 49.7 cm³/mol. The van der Waals surface area contributed by atoms with Gasteiger partial charge in [0, 0.05) is 18.0 Å². The highest BCUT2D eigenvalue weighted by Gasteiger charge is 2.18. The summed E-state index contributed by atoms with van der Waals surface area (Å²) in [5, 5.41) is 0. The quantitative estimate of drug-likeness (QED) is 0.644. The summed E-state index contributed by atoms with van der Waals surface area (Å²) in [7, 11) is 0. The van der Waals surface area contributed by atoms with Crippen LogP contribution in [0.4, 0.5) is 4.39 Å². The van der Waals surface area contributed by atoms with Crippen LogP contribution in [-0.4, -0.2) is 4.98 Å². The van der Waals surface area contributed by atoms with Gasteiger partial charge in [-0.2, -0.15) is 0 Å². The molecule has 1 fully saturated rings. The van der Waals surface area contributed by atoms with Gasteiger partial charge in [-0.3, -0.25) is 4.98 Å². The van der Waals surface area contributed by atoms with E-state index in [-0.39, 0.29) is 5.82 Å². The van der Waals surface area contributed by atoms with Crippen molar-refractivity contribution in [1.29, 1.82) is 0 Å². The normalized spacial score (nSPS) is 18.8. The highest BCUT2D eigenvalue weighted by molar-refractivity contribution is 5.18. The zero-order valence-corrected chi connectivity index (χ0v) is 7.54. The van der Waals surface area contributed by atoms with E-state index in [2.05, 4.69) is 11.4 Å². The molecule has 1 aromatic rings. The van der Waals surface area contributed by atoms with Gasteiger partial charge in [0.05, 0.1) is 0 Å². The topological polar surface area (TPSA) is 12.9 Å². The molecule has 1 radical (unpaired) electrons. The molecule has 1 nitrogen and oxygen atoms in total. The Labute approximate surface area is 78.0 Å². The van der Waals surface area contributed by atoms with Crippen LogP contribution < -0.4 is 0 Å². The zero-order valence-electron chi connectivity index (χ0n) is 7.54. The average Bonchev–Trinajstić information content (AvgIpc) is 2.20. The molecule has 69 valence electrons. The number of pyridine rings is 1. The van der Waals surface area contributed by atoms with Gasteiger partial charge in [0.15, 0.2) is 0 Å². The molecular weight excluding hydrogens is 165 g/mol. The third-order valence-electron chi connectivity index (χ3n) is 2.67. The van der Waals surface area contributed by atoms with Crippen LogP contribution in [0.15, 0.2) is 18.5 Å². The first-order valence-electron chi connectivity index (χ1n) is 4.79. The van der Waals surface area contributed by atoms with Crippen LogP contribution in [0, 0.1) is 12.2 Å². The van der Waals surface area contributed by atoms with Crippen molar-refractivity contribution in [3.63, 3.8) is 0 Å². The number of aromatic nitrogens is 1. The van der Waals surface area contributed by atoms with E-state index in [1.54, 1.807) is 6.20 Å². The fraction of sp³-hybridized carbons (Fsp3) is 0.455. The van der Waals surface area contributed by atoms with Crippen LogP contribution in [-0.2, 0) is 0 Å². The second kappa shape index (κ2) is 3.86. The molecule has 0 bridgehead atoms. The van der Waals surface area contributed by atoms with E-state index < -0.39 is 0 Å². The van der Waals surface area contributed by atoms with Gasteiger partial charge < -0.3 is 0 Å². The first-order valence-corrected chi connectivity index (χ1v) is 4.79. The maximum Gasteiger partial charge on any atom is 0.129 e. The zero-order chi connectivity index (χ0) is 9.10. The molecule has 0 unspecified atom stereocenters. The fourth-order valence-corrected chi connectivity index (χ4v) is 1.93. The summed E-state index contributed by atoms with van der Waals surface area (Å²) in [4.78, 5) is 3.97. The lowest BCUT2D eigenvalue weighted by atomic mass is 9.85. The summed E-state index contributed by atoms with van der Waals surface area (Å²) in [5.41, 5.74) is 0.801. The van der Waals surface area contributed by atoms with E-state index in [0.717, 1.165) is 31.2 Å². The molecule has 1 aromatic heterocycles. The molecule has 0 aliphatic heterocycles. The lowest BCUT2D eigenvalue weighted by Crippen LogP contribution is -2.07. The lowest BCUT2D eigenvalue weighted by molar-refractivity contribution is 0.483. The molecule has 0 amide bonds. The molecule has 1 aliphatic carbocycles. The molecule has 0 atom stereocenters. The van der Waals surface area contributed by atoms with E-state index in [9.17, 15) is 4.39 Å². The Balaban J connectivity index is 2.18. The summed E-state index contributed by atoms with van der Waals surface area (Å²) in [5.74, 6) is 0.292. The van der Waals surface area contributed by atoms with Gasteiger partial charge in [0.25, 0.3) is 0 Å². The van der Waals surface area contributed by atoms with E-state index in [0.29, 0.717) is 5.92 Å². The molecule has 0 aromatic carbocycles. The summed E-state index contributed by atoms with van der Waals surface area (Å²) >= 11 is 0. The molecule has 1 saturated carbocycles. The van der Waals surface area contributed by atoms with Crippen molar-refractivity contribution in [2.45, 2.75) is 31.6 Å². The molecule has 2 heteroatoms. The van der Waals surface area contributed by atoms with Crippen molar-refractivity contribution >= 4 is 0 Å². The third kappa shape index (κ3) is 1.87. The number of rotatable bonds is 1. The first kappa shape index (κ1) is 8.67. The number of hydrogen-bond donors (Lipinski definition) is 0. The number of halogens is 1. The largest absolute Gasteiger partial charge is 0.264 e. The molecule has 0 spiro atoms. The average molecular weight is 178 g/mol. The molecule has 1 heterocycles. The molecular formula is C11H13FN. The van der Waals surface area contributed by atoms with Crippen molar-refractivity contribution in [2.24, 2.45) is 0 Å². The maximum absolute atomic E-state index is 13.3. The predicted octanol–water partition coefficient (Wildman–Crippen LogP) is 3.08. The Morgan fingerprint density at radius 2 is 2.08 bits per heavy atom. The lowest BCUT2D eigenvalue weighted by Gasteiger charge is -2.21. The standard InChI is InChI=1S/C11H13FN/c12-11-6-7-13-8-10(11)9-4-2-1-3-5-9/h1,6-9H,2-5H2. The van der Waals surface area contributed by atoms with Crippen LogP contribution in [0.25, 0.3) is 0 Å². The van der Waals surface area contributed by atoms with Gasteiger partial charge in [0.1, 0.15) is 5.82 Å². The number of hydrogen-bond acceptors (Lipinski definition) is 1. The SMILES string of the molecule is Fc1ccncc1C1CC[CH]CC1. The van der Waals surface area contributed by atoms with E-state index >= 15 is 0 Å². The minimum absolute atomic E-state index is 0.0955.